The molecule has 3 aromatic carbocycles. The lowest BCUT2D eigenvalue weighted by Crippen LogP contribution is -2.21. The number of amides is 2. The van der Waals surface area contributed by atoms with E-state index in [1.54, 1.807) is 78.5 Å². The van der Waals surface area contributed by atoms with Gasteiger partial charge in [0.25, 0.3) is 11.8 Å². The van der Waals surface area contributed by atoms with E-state index in [9.17, 15) is 19.1 Å². The van der Waals surface area contributed by atoms with E-state index in [2.05, 4.69) is 20.9 Å². The first-order valence-electron chi connectivity index (χ1n) is 12.3. The minimum Gasteiger partial charge on any atom is -0.391 e. The molecule has 0 spiro atoms. The number of aliphatic hydroxyl groups is 1. The molecule has 4 aromatic rings. The van der Waals surface area contributed by atoms with Crippen LogP contribution in [-0.4, -0.2) is 40.7 Å². The van der Waals surface area contributed by atoms with Crippen molar-refractivity contribution in [2.24, 2.45) is 7.05 Å². The van der Waals surface area contributed by atoms with Gasteiger partial charge >= 0.3 is 0 Å². The fourth-order valence-corrected chi connectivity index (χ4v) is 4.38. The van der Waals surface area contributed by atoms with E-state index in [0.717, 1.165) is 18.7 Å². The lowest BCUT2D eigenvalue weighted by molar-refractivity contribution is 0.101. The third kappa shape index (κ3) is 5.68. The molecule has 4 N–H and O–H groups in total. The van der Waals surface area contributed by atoms with Crippen molar-refractivity contribution >= 4 is 40.3 Å². The van der Waals surface area contributed by atoms with Crippen LogP contribution in [0, 0.1) is 5.82 Å². The van der Waals surface area contributed by atoms with E-state index in [0.29, 0.717) is 34.9 Å². The molecule has 1 saturated heterocycles. The van der Waals surface area contributed by atoms with Crippen LogP contribution >= 0.6 is 0 Å². The summed E-state index contributed by atoms with van der Waals surface area (Å²) in [6.45, 7) is 1.36. The van der Waals surface area contributed by atoms with E-state index >= 15 is 0 Å². The Balaban J connectivity index is 1.18. The Bertz CT molecular complexity index is 1450. The molecule has 0 unspecified atom stereocenters. The van der Waals surface area contributed by atoms with Crippen molar-refractivity contribution in [3.05, 3.63) is 102 Å². The van der Waals surface area contributed by atoms with Crippen molar-refractivity contribution in [3.63, 3.8) is 0 Å². The highest BCUT2D eigenvalue weighted by Crippen LogP contribution is 2.25. The smallest absolute Gasteiger partial charge is 0.272 e. The number of anilines is 5. The molecule has 1 aliphatic rings. The van der Waals surface area contributed by atoms with Gasteiger partial charge in [-0.1, -0.05) is 0 Å². The number of carbonyl (C=O) groups excluding carboxylic acids is 2. The minimum absolute atomic E-state index is 0.218. The van der Waals surface area contributed by atoms with Crippen LogP contribution < -0.4 is 20.9 Å². The maximum Gasteiger partial charge on any atom is 0.272 e. The summed E-state index contributed by atoms with van der Waals surface area (Å²) in [6.07, 6.45) is 2.21. The molecule has 0 saturated carbocycles. The third-order valence-electron chi connectivity index (χ3n) is 6.48. The minimum atomic E-state index is -0.521. The molecule has 0 aliphatic carbocycles. The zero-order valence-electron chi connectivity index (χ0n) is 20.8. The molecular formula is C29H28FN5O3. The van der Waals surface area contributed by atoms with E-state index < -0.39 is 5.82 Å². The predicted octanol–water partition coefficient (Wildman–Crippen LogP) is 4.98. The lowest BCUT2D eigenvalue weighted by atomic mass is 10.1. The van der Waals surface area contributed by atoms with Crippen molar-refractivity contribution in [3.8, 4) is 0 Å². The van der Waals surface area contributed by atoms with Crippen LogP contribution in [0.4, 0.5) is 32.8 Å². The number of hydrogen-bond donors (Lipinski definition) is 4. The molecule has 1 aliphatic heterocycles. The number of β-amino-alcohol motifs (C(OH)–C–C–N with tert-alkyl or cyclic N) is 1. The summed E-state index contributed by atoms with van der Waals surface area (Å²) in [5, 5.41) is 18.3. The first-order chi connectivity index (χ1) is 18.4. The van der Waals surface area contributed by atoms with Gasteiger partial charge in [-0.2, -0.15) is 0 Å². The van der Waals surface area contributed by atoms with E-state index in [4.69, 9.17) is 0 Å². The lowest BCUT2D eigenvalue weighted by Gasteiger charge is -2.18. The van der Waals surface area contributed by atoms with Crippen molar-refractivity contribution in [2.75, 3.05) is 33.9 Å². The maximum absolute atomic E-state index is 14.8. The summed E-state index contributed by atoms with van der Waals surface area (Å²) >= 11 is 0. The Morgan fingerprint density at radius 3 is 2.21 bits per heavy atom. The number of carbonyl (C=O) groups is 2. The van der Waals surface area contributed by atoms with Crippen molar-refractivity contribution in [2.45, 2.75) is 12.5 Å². The van der Waals surface area contributed by atoms with E-state index in [-0.39, 0.29) is 23.6 Å². The van der Waals surface area contributed by atoms with Gasteiger partial charge in [0.05, 0.1) is 11.8 Å². The van der Waals surface area contributed by atoms with Crippen LogP contribution in [0.25, 0.3) is 0 Å². The highest BCUT2D eigenvalue weighted by atomic mass is 19.1. The van der Waals surface area contributed by atoms with Gasteiger partial charge in [-0.05, 0) is 85.3 Å². The molecule has 2 heterocycles. The summed E-state index contributed by atoms with van der Waals surface area (Å²) in [7, 11) is 1.80. The molecule has 5 rings (SSSR count). The van der Waals surface area contributed by atoms with Crippen LogP contribution in [0.3, 0.4) is 0 Å². The normalized spacial score (nSPS) is 14.8. The quantitative estimate of drug-likeness (QED) is 0.279. The van der Waals surface area contributed by atoms with Gasteiger partial charge in [0.1, 0.15) is 11.5 Å². The summed E-state index contributed by atoms with van der Waals surface area (Å²) in [6, 6.07) is 22.0. The maximum atomic E-state index is 14.8. The Labute approximate surface area is 219 Å². The summed E-state index contributed by atoms with van der Waals surface area (Å²) in [4.78, 5) is 27.1. The Kier molecular flexibility index (Phi) is 7.10. The highest BCUT2D eigenvalue weighted by molar-refractivity contribution is 6.04. The van der Waals surface area contributed by atoms with Crippen LogP contribution in [0.1, 0.15) is 27.3 Å². The second-order valence-corrected chi connectivity index (χ2v) is 9.24. The summed E-state index contributed by atoms with van der Waals surface area (Å²) < 4.78 is 16.5. The molecular weight excluding hydrogens is 485 g/mol. The number of aromatic nitrogens is 1. The van der Waals surface area contributed by atoms with Crippen LogP contribution in [-0.2, 0) is 7.05 Å². The Morgan fingerprint density at radius 2 is 1.58 bits per heavy atom. The molecule has 2 amide bonds. The number of nitrogens with one attached hydrogen (secondary N) is 3. The Morgan fingerprint density at radius 1 is 0.895 bits per heavy atom. The van der Waals surface area contributed by atoms with Gasteiger partial charge in [0, 0.05) is 54.6 Å². The number of benzene rings is 3. The van der Waals surface area contributed by atoms with Gasteiger partial charge in [-0.3, -0.25) is 9.59 Å². The van der Waals surface area contributed by atoms with Gasteiger partial charge in [-0.25, -0.2) is 4.39 Å². The van der Waals surface area contributed by atoms with Crippen molar-refractivity contribution < 1.29 is 19.1 Å². The average molecular weight is 514 g/mol. The molecule has 9 heteroatoms. The van der Waals surface area contributed by atoms with E-state index in [1.807, 2.05) is 12.1 Å². The third-order valence-corrected chi connectivity index (χ3v) is 6.48. The molecule has 1 aromatic heterocycles. The molecule has 0 radical (unpaired) electrons. The van der Waals surface area contributed by atoms with Crippen LogP contribution in [0.2, 0.25) is 0 Å². The monoisotopic (exact) mass is 513 g/mol. The largest absolute Gasteiger partial charge is 0.391 e. The summed E-state index contributed by atoms with van der Waals surface area (Å²) in [5.41, 5.74) is 3.79. The van der Waals surface area contributed by atoms with Gasteiger partial charge in [0.2, 0.25) is 0 Å². The number of rotatable bonds is 7. The molecule has 1 atom stereocenters. The van der Waals surface area contributed by atoms with Crippen molar-refractivity contribution in [1.29, 1.82) is 0 Å². The standard InChI is InChI=1S/C29H28FN5O3/c1-34-15-2-3-27(34)29(38)32-21-8-6-20(7-9-21)31-26-13-10-22(17-25(26)30)33-28(37)19-4-11-23(12-5-19)35-16-14-24(36)18-35/h2-13,15,17,24,31,36H,14,16,18H2,1H3,(H,32,38)(H,33,37)/t24-/m1/s1. The first-order valence-corrected chi connectivity index (χ1v) is 12.3. The molecule has 1 fully saturated rings. The number of halogens is 1. The number of hydrogen-bond acceptors (Lipinski definition) is 5. The van der Waals surface area contributed by atoms with Gasteiger partial charge < -0.3 is 30.5 Å². The zero-order valence-corrected chi connectivity index (χ0v) is 20.8. The molecule has 194 valence electrons. The second kappa shape index (κ2) is 10.8. The Hall–Kier alpha value is -4.63. The fraction of sp³-hybridized carbons (Fsp3) is 0.172. The second-order valence-electron chi connectivity index (χ2n) is 9.24. The predicted molar refractivity (Wildman–Crippen MR) is 147 cm³/mol. The summed E-state index contributed by atoms with van der Waals surface area (Å²) in [5.74, 6) is -1.08. The van der Waals surface area contributed by atoms with Crippen LogP contribution in [0.5, 0.6) is 0 Å². The first kappa shape index (κ1) is 25.0. The highest BCUT2D eigenvalue weighted by Gasteiger charge is 2.20. The topological polar surface area (TPSA) is 98.6 Å². The molecule has 8 nitrogen and oxygen atoms in total. The zero-order chi connectivity index (χ0) is 26.6. The number of aliphatic hydroxyl groups excluding tert-OH is 1. The van der Waals surface area contributed by atoms with Crippen LogP contribution in [0.15, 0.2) is 85.1 Å². The average Bonchev–Trinajstić information content (AvgIpc) is 3.55. The number of aryl methyl sites for hydroxylation is 1. The van der Waals surface area contributed by atoms with Gasteiger partial charge in [0.15, 0.2) is 0 Å². The SMILES string of the molecule is Cn1cccc1C(=O)Nc1ccc(Nc2ccc(NC(=O)c3ccc(N4CC[C@@H](O)C4)cc3)cc2F)cc1. The molecule has 38 heavy (non-hydrogen) atoms. The number of nitrogens with zero attached hydrogens (tertiary/aromatic N) is 2. The fourth-order valence-electron chi connectivity index (χ4n) is 4.38. The van der Waals surface area contributed by atoms with E-state index in [1.165, 1.54) is 6.07 Å². The molecule has 0 bridgehead atoms. The van der Waals surface area contributed by atoms with Gasteiger partial charge in [-0.15, -0.1) is 0 Å². The van der Waals surface area contributed by atoms with Crippen molar-refractivity contribution in [1.82, 2.24) is 4.57 Å².